The third-order valence-electron chi connectivity index (χ3n) is 9.55. The second-order valence-electron chi connectivity index (χ2n) is 14.2. The third kappa shape index (κ3) is 24.3. The second-order valence-corrected chi connectivity index (χ2v) is 14.2. The van der Waals surface area contributed by atoms with E-state index in [1.165, 1.54) is 154 Å². The standard InChI is InChI=1S/C43H78O5/c1-4-7-10-13-16-19-22-25-28-31-36-46-40-35-34-39(43(44)45)41(47-37-32-29-26-23-20-17-14-11-8-5-2)42(40)48-38-33-30-27-24-21-18-15-12-9-6-3/h34-35H,4-33,36-38H2,1-3H3,(H,44,45). The second kappa shape index (κ2) is 33.6. The quantitative estimate of drug-likeness (QED) is 0.0712. The molecule has 1 N–H and O–H groups in total. The number of rotatable bonds is 37. The van der Waals surface area contributed by atoms with Gasteiger partial charge in [-0.1, -0.05) is 194 Å². The molecule has 0 aliphatic heterocycles. The van der Waals surface area contributed by atoms with Gasteiger partial charge in [-0.15, -0.1) is 0 Å². The maximum absolute atomic E-state index is 12.2. The van der Waals surface area contributed by atoms with Crippen LogP contribution in [0.4, 0.5) is 0 Å². The van der Waals surface area contributed by atoms with Crippen LogP contribution in [-0.2, 0) is 0 Å². The summed E-state index contributed by atoms with van der Waals surface area (Å²) in [6.45, 7) is 8.44. The molecule has 0 aliphatic carbocycles. The number of hydrogen-bond donors (Lipinski definition) is 1. The molecule has 0 heterocycles. The highest BCUT2D eigenvalue weighted by Crippen LogP contribution is 2.41. The van der Waals surface area contributed by atoms with Crippen molar-refractivity contribution in [1.82, 2.24) is 0 Å². The Morgan fingerprint density at radius 3 is 1.04 bits per heavy atom. The fourth-order valence-electron chi connectivity index (χ4n) is 6.41. The van der Waals surface area contributed by atoms with Gasteiger partial charge in [0.1, 0.15) is 5.56 Å². The Bertz CT molecular complexity index is 854. The number of carboxylic acid groups (broad SMARTS) is 1. The van der Waals surface area contributed by atoms with Crippen molar-refractivity contribution in [1.29, 1.82) is 0 Å². The van der Waals surface area contributed by atoms with Gasteiger partial charge in [-0.3, -0.25) is 0 Å². The summed E-state index contributed by atoms with van der Waals surface area (Å²) >= 11 is 0. The van der Waals surface area contributed by atoms with Crippen LogP contribution in [0.3, 0.4) is 0 Å². The van der Waals surface area contributed by atoms with Crippen molar-refractivity contribution < 1.29 is 24.1 Å². The molecular weight excluding hydrogens is 596 g/mol. The van der Waals surface area contributed by atoms with Crippen molar-refractivity contribution in [2.75, 3.05) is 19.8 Å². The zero-order valence-corrected chi connectivity index (χ0v) is 32.1. The summed E-state index contributed by atoms with van der Waals surface area (Å²) < 4.78 is 18.8. The number of aromatic carboxylic acids is 1. The van der Waals surface area contributed by atoms with Gasteiger partial charge in [0.2, 0.25) is 5.75 Å². The van der Waals surface area contributed by atoms with Crippen LogP contribution in [-0.4, -0.2) is 30.9 Å². The molecule has 0 fully saturated rings. The minimum absolute atomic E-state index is 0.159. The van der Waals surface area contributed by atoms with Gasteiger partial charge in [-0.05, 0) is 31.4 Å². The molecule has 0 aromatic heterocycles. The summed E-state index contributed by atoms with van der Waals surface area (Å²) in [5.41, 5.74) is 0.159. The van der Waals surface area contributed by atoms with Crippen molar-refractivity contribution in [3.05, 3.63) is 17.7 Å². The van der Waals surface area contributed by atoms with E-state index in [9.17, 15) is 9.90 Å². The van der Waals surface area contributed by atoms with Gasteiger partial charge in [-0.25, -0.2) is 4.79 Å². The fraction of sp³-hybridized carbons (Fsp3) is 0.837. The van der Waals surface area contributed by atoms with E-state index in [4.69, 9.17) is 14.2 Å². The van der Waals surface area contributed by atoms with Crippen molar-refractivity contribution in [3.8, 4) is 17.2 Å². The lowest BCUT2D eigenvalue weighted by Gasteiger charge is -2.19. The van der Waals surface area contributed by atoms with Gasteiger partial charge in [0.25, 0.3) is 0 Å². The van der Waals surface area contributed by atoms with E-state index >= 15 is 0 Å². The molecule has 1 aromatic carbocycles. The van der Waals surface area contributed by atoms with E-state index in [0.717, 1.165) is 38.5 Å². The molecular formula is C43H78O5. The highest BCUT2D eigenvalue weighted by atomic mass is 16.5. The van der Waals surface area contributed by atoms with E-state index in [1.54, 1.807) is 12.1 Å². The normalized spacial score (nSPS) is 11.2. The van der Waals surface area contributed by atoms with Gasteiger partial charge in [0, 0.05) is 0 Å². The van der Waals surface area contributed by atoms with E-state index in [1.807, 2.05) is 0 Å². The first-order chi connectivity index (χ1) is 23.7. The maximum atomic E-state index is 12.2. The van der Waals surface area contributed by atoms with Crippen molar-refractivity contribution >= 4 is 5.97 Å². The summed E-state index contributed by atoms with van der Waals surface area (Å²) in [6, 6.07) is 3.39. The molecule has 1 aromatic rings. The molecule has 0 amide bonds. The highest BCUT2D eigenvalue weighted by Gasteiger charge is 2.22. The van der Waals surface area contributed by atoms with Gasteiger partial charge in [-0.2, -0.15) is 0 Å². The molecule has 0 aliphatic rings. The summed E-state index contributed by atoms with van der Waals surface area (Å²) in [4.78, 5) is 12.2. The first-order valence-electron chi connectivity index (χ1n) is 20.9. The Labute approximate surface area is 297 Å². The minimum Gasteiger partial charge on any atom is -0.490 e. The van der Waals surface area contributed by atoms with Gasteiger partial charge in [0.05, 0.1) is 19.8 Å². The molecule has 0 bridgehead atoms. The number of carboxylic acids is 1. The van der Waals surface area contributed by atoms with Crippen LogP contribution < -0.4 is 14.2 Å². The summed E-state index contributed by atoms with van der Waals surface area (Å²) in [5, 5.41) is 10.0. The molecule has 0 saturated carbocycles. The number of unbranched alkanes of at least 4 members (excludes halogenated alkanes) is 27. The fourth-order valence-corrected chi connectivity index (χ4v) is 6.41. The summed E-state index contributed by atoms with van der Waals surface area (Å²) in [6.07, 6.45) is 37.9. The van der Waals surface area contributed by atoms with E-state index in [-0.39, 0.29) is 5.56 Å². The van der Waals surface area contributed by atoms with E-state index < -0.39 is 5.97 Å². The van der Waals surface area contributed by atoms with Crippen molar-refractivity contribution in [2.45, 2.75) is 213 Å². The molecule has 0 unspecified atom stereocenters. The molecule has 48 heavy (non-hydrogen) atoms. The Balaban J connectivity index is 2.62. The molecule has 280 valence electrons. The summed E-state index contributed by atoms with van der Waals surface area (Å²) in [5.74, 6) is 0.440. The maximum Gasteiger partial charge on any atom is 0.339 e. The van der Waals surface area contributed by atoms with Crippen LogP contribution >= 0.6 is 0 Å². The van der Waals surface area contributed by atoms with Gasteiger partial charge in [0.15, 0.2) is 11.5 Å². The smallest absolute Gasteiger partial charge is 0.339 e. The predicted octanol–water partition coefficient (Wildman–Crippen LogP) is 14.3. The molecule has 0 radical (unpaired) electrons. The largest absolute Gasteiger partial charge is 0.490 e. The molecule has 1 rings (SSSR count). The van der Waals surface area contributed by atoms with Crippen LogP contribution in [0.5, 0.6) is 17.2 Å². The molecule has 5 nitrogen and oxygen atoms in total. The third-order valence-corrected chi connectivity index (χ3v) is 9.55. The van der Waals surface area contributed by atoms with Crippen LogP contribution in [0, 0.1) is 0 Å². The predicted molar refractivity (Wildman–Crippen MR) is 205 cm³/mol. The van der Waals surface area contributed by atoms with Crippen molar-refractivity contribution in [3.63, 3.8) is 0 Å². The highest BCUT2D eigenvalue weighted by molar-refractivity contribution is 5.92. The van der Waals surface area contributed by atoms with Gasteiger partial charge < -0.3 is 19.3 Å². The number of hydrogen-bond acceptors (Lipinski definition) is 4. The van der Waals surface area contributed by atoms with E-state index in [2.05, 4.69) is 20.8 Å². The SMILES string of the molecule is CCCCCCCCCCCCOc1ccc(C(=O)O)c(OCCCCCCCCCCCC)c1OCCCCCCCCCCCC. The van der Waals surface area contributed by atoms with Crippen LogP contribution in [0.2, 0.25) is 0 Å². The Morgan fingerprint density at radius 1 is 0.417 bits per heavy atom. The number of ether oxygens (including phenoxy) is 3. The molecule has 0 atom stereocenters. The topological polar surface area (TPSA) is 65.0 Å². The van der Waals surface area contributed by atoms with E-state index in [0.29, 0.717) is 37.1 Å². The average Bonchev–Trinajstić information content (AvgIpc) is 3.08. The number of carbonyl (C=O) groups is 1. The zero-order valence-electron chi connectivity index (χ0n) is 32.1. The number of benzene rings is 1. The Kier molecular flexibility index (Phi) is 30.9. The average molecular weight is 675 g/mol. The molecule has 5 heteroatoms. The lowest BCUT2D eigenvalue weighted by atomic mass is 10.1. The minimum atomic E-state index is -0.988. The molecule has 0 spiro atoms. The van der Waals surface area contributed by atoms with Crippen molar-refractivity contribution in [2.24, 2.45) is 0 Å². The summed E-state index contributed by atoms with van der Waals surface area (Å²) in [7, 11) is 0. The van der Waals surface area contributed by atoms with Crippen LogP contribution in [0.1, 0.15) is 224 Å². The van der Waals surface area contributed by atoms with Crippen LogP contribution in [0.25, 0.3) is 0 Å². The monoisotopic (exact) mass is 675 g/mol. The first kappa shape index (κ1) is 44.1. The lowest BCUT2D eigenvalue weighted by Crippen LogP contribution is -2.10. The zero-order chi connectivity index (χ0) is 34.8. The van der Waals surface area contributed by atoms with Gasteiger partial charge >= 0.3 is 5.97 Å². The Morgan fingerprint density at radius 2 is 0.708 bits per heavy atom. The Hall–Kier alpha value is -1.91. The first-order valence-corrected chi connectivity index (χ1v) is 20.9. The molecule has 0 saturated heterocycles. The lowest BCUT2D eigenvalue weighted by molar-refractivity contribution is 0.0690. The van der Waals surface area contributed by atoms with Crippen LogP contribution in [0.15, 0.2) is 12.1 Å².